The summed E-state index contributed by atoms with van der Waals surface area (Å²) in [5, 5.41) is 15.2. The first-order chi connectivity index (χ1) is 16.0. The normalized spacial score (nSPS) is 17.6. The van der Waals surface area contributed by atoms with Gasteiger partial charge in [0.2, 0.25) is 0 Å². The van der Waals surface area contributed by atoms with E-state index >= 15 is 0 Å². The summed E-state index contributed by atoms with van der Waals surface area (Å²) in [6, 6.07) is 23.9. The number of aliphatic hydroxyl groups is 1. The van der Waals surface area contributed by atoms with Crippen LogP contribution in [0.15, 0.2) is 89.8 Å². The molecule has 1 aliphatic heterocycles. The Labute approximate surface area is 195 Å². The molecule has 1 unspecified atom stereocenters. The summed E-state index contributed by atoms with van der Waals surface area (Å²) in [4.78, 5) is 30.7. The van der Waals surface area contributed by atoms with Crippen molar-refractivity contribution in [3.63, 3.8) is 0 Å². The first kappa shape index (κ1) is 21.0. The van der Waals surface area contributed by atoms with Crippen LogP contribution >= 0.6 is 11.3 Å². The van der Waals surface area contributed by atoms with Gasteiger partial charge >= 0.3 is 0 Å². The molecule has 33 heavy (non-hydrogen) atoms. The van der Waals surface area contributed by atoms with Crippen LogP contribution in [0.4, 0.5) is 11.4 Å². The zero-order chi connectivity index (χ0) is 23.1. The Morgan fingerprint density at radius 3 is 2.30 bits per heavy atom. The Bertz CT molecular complexity index is 1390. The third-order valence-electron chi connectivity index (χ3n) is 5.92. The minimum absolute atomic E-state index is 0.106. The molecule has 4 aromatic rings. The number of rotatable bonds is 4. The average Bonchev–Trinajstić information content (AvgIpc) is 3.45. The molecule has 1 aromatic heterocycles. The fourth-order valence-corrected chi connectivity index (χ4v) is 5.04. The van der Waals surface area contributed by atoms with E-state index in [1.54, 1.807) is 6.07 Å². The van der Waals surface area contributed by atoms with Crippen LogP contribution in [-0.2, 0) is 9.59 Å². The summed E-state index contributed by atoms with van der Waals surface area (Å²) < 4.78 is 0. The lowest BCUT2D eigenvalue weighted by Crippen LogP contribution is -2.29. The van der Waals surface area contributed by atoms with E-state index in [1.165, 1.54) is 16.2 Å². The second-order valence-corrected chi connectivity index (χ2v) is 9.14. The maximum absolute atomic E-state index is 13.2. The number of anilines is 2. The number of fused-ring (bicyclic) bond motifs is 1. The summed E-state index contributed by atoms with van der Waals surface area (Å²) in [7, 11) is 3.88. The molecule has 0 saturated carbocycles. The van der Waals surface area contributed by atoms with Gasteiger partial charge in [0.15, 0.2) is 0 Å². The van der Waals surface area contributed by atoms with Crippen molar-refractivity contribution in [3.05, 3.63) is 100 Å². The highest BCUT2D eigenvalue weighted by Crippen LogP contribution is 2.44. The topological polar surface area (TPSA) is 60.9 Å². The second kappa shape index (κ2) is 8.22. The number of amides is 1. The van der Waals surface area contributed by atoms with Crippen molar-refractivity contribution >= 4 is 50.9 Å². The van der Waals surface area contributed by atoms with E-state index in [9.17, 15) is 14.7 Å². The maximum atomic E-state index is 13.2. The van der Waals surface area contributed by atoms with Crippen molar-refractivity contribution in [2.24, 2.45) is 0 Å². The van der Waals surface area contributed by atoms with Crippen LogP contribution in [0.25, 0.3) is 16.5 Å². The van der Waals surface area contributed by atoms with E-state index in [-0.39, 0.29) is 11.3 Å². The van der Waals surface area contributed by atoms with Crippen molar-refractivity contribution in [2.75, 3.05) is 23.9 Å². The number of aliphatic hydroxyl groups excluding tert-OH is 1. The summed E-state index contributed by atoms with van der Waals surface area (Å²) in [5.74, 6) is -1.49. The van der Waals surface area contributed by atoms with Gasteiger partial charge in [-0.1, -0.05) is 42.5 Å². The Hall–Kier alpha value is -3.90. The highest BCUT2D eigenvalue weighted by Gasteiger charge is 2.47. The van der Waals surface area contributed by atoms with Gasteiger partial charge in [-0.05, 0) is 52.6 Å². The van der Waals surface area contributed by atoms with E-state index in [0.29, 0.717) is 11.3 Å². The standard InChI is InChI=1S/C27H22N2O3S/c1-28(2)20-11-13-21(14-12-20)29-24(22-8-5-15-33-22)23(26(31)27(29)32)25(30)19-10-9-17-6-3-4-7-18(17)16-19/h3-16,24,30H,1-2H3/b25-23-. The Morgan fingerprint density at radius 2 is 1.64 bits per heavy atom. The van der Waals surface area contributed by atoms with Crippen molar-refractivity contribution in [1.82, 2.24) is 0 Å². The van der Waals surface area contributed by atoms with E-state index in [0.717, 1.165) is 21.3 Å². The van der Waals surface area contributed by atoms with Crippen molar-refractivity contribution in [1.29, 1.82) is 0 Å². The predicted octanol–water partition coefficient (Wildman–Crippen LogP) is 5.59. The SMILES string of the molecule is CN(C)c1ccc(N2C(=O)C(=O)/C(=C(\O)c3ccc4ccccc4c3)C2c2cccs2)cc1. The first-order valence-corrected chi connectivity index (χ1v) is 11.4. The molecule has 1 amide bonds. The number of Topliss-reactive ketones (excluding diaryl/α,β-unsaturated/α-hetero) is 1. The number of carbonyl (C=O) groups excluding carboxylic acids is 2. The molecule has 0 aliphatic carbocycles. The molecular weight excluding hydrogens is 432 g/mol. The number of hydrogen-bond acceptors (Lipinski definition) is 5. The van der Waals surface area contributed by atoms with Crippen LogP contribution in [0.3, 0.4) is 0 Å². The molecule has 0 bridgehead atoms. The Kier molecular flexibility index (Phi) is 5.23. The van der Waals surface area contributed by atoms with E-state index in [2.05, 4.69) is 0 Å². The van der Waals surface area contributed by atoms with Gasteiger partial charge in [0, 0.05) is 35.9 Å². The largest absolute Gasteiger partial charge is 0.507 e. The molecule has 164 valence electrons. The smallest absolute Gasteiger partial charge is 0.300 e. The highest BCUT2D eigenvalue weighted by atomic mass is 32.1. The third kappa shape index (κ3) is 3.58. The van der Waals surface area contributed by atoms with Crippen LogP contribution < -0.4 is 9.80 Å². The van der Waals surface area contributed by atoms with Crippen molar-refractivity contribution in [3.8, 4) is 0 Å². The number of benzene rings is 3. The molecule has 2 heterocycles. The molecule has 0 spiro atoms. The Balaban J connectivity index is 1.67. The molecule has 5 nitrogen and oxygen atoms in total. The maximum Gasteiger partial charge on any atom is 0.300 e. The van der Waals surface area contributed by atoms with Gasteiger partial charge in [-0.25, -0.2) is 0 Å². The second-order valence-electron chi connectivity index (χ2n) is 8.16. The van der Waals surface area contributed by atoms with Gasteiger partial charge in [0.25, 0.3) is 11.7 Å². The van der Waals surface area contributed by atoms with Gasteiger partial charge in [-0.2, -0.15) is 0 Å². The summed E-state index contributed by atoms with van der Waals surface area (Å²) in [6.07, 6.45) is 0. The van der Waals surface area contributed by atoms with Crippen LogP contribution in [0.2, 0.25) is 0 Å². The molecule has 5 rings (SSSR count). The van der Waals surface area contributed by atoms with Crippen LogP contribution in [0, 0.1) is 0 Å². The lowest BCUT2D eigenvalue weighted by molar-refractivity contribution is -0.132. The fourth-order valence-electron chi connectivity index (χ4n) is 4.22. The highest BCUT2D eigenvalue weighted by molar-refractivity contribution is 7.10. The summed E-state index contributed by atoms with van der Waals surface area (Å²) in [5.41, 5.74) is 2.21. The monoisotopic (exact) mass is 454 g/mol. The summed E-state index contributed by atoms with van der Waals surface area (Å²) >= 11 is 1.45. The molecule has 3 aromatic carbocycles. The molecule has 1 fully saturated rings. The van der Waals surface area contributed by atoms with E-state index in [4.69, 9.17) is 0 Å². The van der Waals surface area contributed by atoms with E-state index < -0.39 is 17.7 Å². The van der Waals surface area contributed by atoms with Gasteiger partial charge in [0.05, 0.1) is 5.57 Å². The number of ketones is 1. The molecule has 0 radical (unpaired) electrons. The molecule has 1 N–H and O–H groups in total. The summed E-state index contributed by atoms with van der Waals surface area (Å²) in [6.45, 7) is 0. The molecule has 1 aliphatic rings. The zero-order valence-electron chi connectivity index (χ0n) is 18.2. The van der Waals surface area contributed by atoms with Gasteiger partial charge in [0.1, 0.15) is 11.8 Å². The van der Waals surface area contributed by atoms with Gasteiger partial charge < -0.3 is 10.0 Å². The molecule has 6 heteroatoms. The van der Waals surface area contributed by atoms with Gasteiger partial charge in [-0.3, -0.25) is 14.5 Å². The lowest BCUT2D eigenvalue weighted by atomic mass is 9.98. The number of nitrogens with zero attached hydrogens (tertiary/aromatic N) is 2. The van der Waals surface area contributed by atoms with E-state index in [1.807, 2.05) is 97.2 Å². The molecule has 1 atom stereocenters. The van der Waals surface area contributed by atoms with Gasteiger partial charge in [-0.15, -0.1) is 11.3 Å². The van der Waals surface area contributed by atoms with Crippen molar-refractivity contribution < 1.29 is 14.7 Å². The fraction of sp³-hybridized carbons (Fsp3) is 0.111. The minimum Gasteiger partial charge on any atom is -0.507 e. The lowest BCUT2D eigenvalue weighted by Gasteiger charge is -2.25. The predicted molar refractivity (Wildman–Crippen MR) is 134 cm³/mol. The third-order valence-corrected chi connectivity index (χ3v) is 6.85. The molecule has 1 saturated heterocycles. The van der Waals surface area contributed by atoms with Crippen molar-refractivity contribution in [2.45, 2.75) is 6.04 Å². The van der Waals surface area contributed by atoms with Crippen LogP contribution in [0.5, 0.6) is 0 Å². The number of hydrogen-bond donors (Lipinski definition) is 1. The molecular formula is C27H22N2O3S. The minimum atomic E-state index is -0.693. The quantitative estimate of drug-likeness (QED) is 0.248. The Morgan fingerprint density at radius 1 is 0.909 bits per heavy atom. The van der Waals surface area contributed by atoms with Crippen LogP contribution in [0.1, 0.15) is 16.5 Å². The number of carbonyl (C=O) groups is 2. The number of thiophene rings is 1. The zero-order valence-corrected chi connectivity index (χ0v) is 19.0. The van der Waals surface area contributed by atoms with Crippen LogP contribution in [-0.4, -0.2) is 30.9 Å². The average molecular weight is 455 g/mol. The first-order valence-electron chi connectivity index (χ1n) is 10.6.